The molecule has 2 nitrogen and oxygen atoms in total. The predicted octanol–water partition coefficient (Wildman–Crippen LogP) is 3.88. The molecule has 2 aromatic rings. The zero-order valence-electron chi connectivity index (χ0n) is 11.5. The fourth-order valence-electron chi connectivity index (χ4n) is 2.97. The van der Waals surface area contributed by atoms with Crippen molar-refractivity contribution in [1.29, 1.82) is 0 Å². The van der Waals surface area contributed by atoms with Crippen molar-refractivity contribution in [2.24, 2.45) is 0 Å². The van der Waals surface area contributed by atoms with Gasteiger partial charge in [-0.25, -0.2) is 0 Å². The molecule has 1 aliphatic rings. The van der Waals surface area contributed by atoms with Gasteiger partial charge in [-0.2, -0.15) is 13.2 Å². The lowest BCUT2D eigenvalue weighted by molar-refractivity contribution is -0.136. The van der Waals surface area contributed by atoms with Gasteiger partial charge < -0.3 is 10.4 Å². The lowest BCUT2D eigenvalue weighted by Gasteiger charge is -2.35. The highest BCUT2D eigenvalue weighted by atomic mass is 32.1. The average Bonchev–Trinajstić information content (AvgIpc) is 2.81. The van der Waals surface area contributed by atoms with E-state index in [0.717, 1.165) is 6.07 Å². The van der Waals surface area contributed by atoms with Crippen LogP contribution in [-0.4, -0.2) is 17.7 Å². The van der Waals surface area contributed by atoms with E-state index in [1.807, 2.05) is 6.92 Å². The van der Waals surface area contributed by atoms with Gasteiger partial charge in [0.25, 0.3) is 0 Å². The van der Waals surface area contributed by atoms with Crippen LogP contribution in [0.25, 0.3) is 10.1 Å². The van der Waals surface area contributed by atoms with E-state index < -0.39 is 17.3 Å². The highest BCUT2D eigenvalue weighted by molar-refractivity contribution is 7.19. The average molecular weight is 315 g/mol. The Morgan fingerprint density at radius 1 is 1.38 bits per heavy atom. The molecular formula is C15H16F3NOS. The van der Waals surface area contributed by atoms with Crippen LogP contribution < -0.4 is 5.32 Å². The van der Waals surface area contributed by atoms with Crippen molar-refractivity contribution in [1.82, 2.24) is 5.32 Å². The number of hydrogen-bond donors (Lipinski definition) is 2. The number of piperidine rings is 1. The van der Waals surface area contributed by atoms with E-state index in [9.17, 15) is 18.3 Å². The second-order valence-electron chi connectivity index (χ2n) is 5.67. The zero-order chi connectivity index (χ0) is 15.3. The molecular weight excluding hydrogens is 299 g/mol. The van der Waals surface area contributed by atoms with E-state index in [-0.39, 0.29) is 11.4 Å². The Hall–Kier alpha value is -1.11. The Morgan fingerprint density at radius 3 is 2.81 bits per heavy atom. The second-order valence-corrected chi connectivity index (χ2v) is 6.75. The van der Waals surface area contributed by atoms with E-state index >= 15 is 0 Å². The van der Waals surface area contributed by atoms with Gasteiger partial charge in [-0.3, -0.25) is 0 Å². The second kappa shape index (κ2) is 4.97. The summed E-state index contributed by atoms with van der Waals surface area (Å²) in [6.07, 6.45) is -3.34. The Labute approximate surface area is 124 Å². The van der Waals surface area contributed by atoms with Crippen LogP contribution in [0.15, 0.2) is 24.3 Å². The first-order valence-electron chi connectivity index (χ1n) is 6.86. The van der Waals surface area contributed by atoms with Crippen LogP contribution in [-0.2, 0) is 11.8 Å². The molecule has 0 amide bonds. The summed E-state index contributed by atoms with van der Waals surface area (Å²) in [4.78, 5) is 0.627. The van der Waals surface area contributed by atoms with Gasteiger partial charge in [0.1, 0.15) is 5.60 Å². The van der Waals surface area contributed by atoms with Crippen LogP contribution in [0, 0.1) is 0 Å². The van der Waals surface area contributed by atoms with Gasteiger partial charge in [0, 0.05) is 21.0 Å². The molecule has 2 atom stereocenters. The monoisotopic (exact) mass is 315 g/mol. The van der Waals surface area contributed by atoms with Gasteiger partial charge in [-0.15, -0.1) is 11.3 Å². The molecule has 1 saturated heterocycles. The topological polar surface area (TPSA) is 32.3 Å². The predicted molar refractivity (Wildman–Crippen MR) is 77.4 cm³/mol. The van der Waals surface area contributed by atoms with Crippen molar-refractivity contribution >= 4 is 21.4 Å². The van der Waals surface area contributed by atoms with Gasteiger partial charge in [-0.05, 0) is 44.5 Å². The van der Waals surface area contributed by atoms with Crippen LogP contribution >= 0.6 is 11.3 Å². The Kier molecular flexibility index (Phi) is 3.50. The Bertz CT molecular complexity index is 666. The molecule has 0 aliphatic carbocycles. The molecule has 0 saturated carbocycles. The maximum Gasteiger partial charge on any atom is 0.417 e. The molecule has 114 valence electrons. The molecule has 1 aromatic heterocycles. The number of hydrogen-bond acceptors (Lipinski definition) is 3. The standard InChI is InChI=1S/C15H16F3NOS/c1-9-8-14(20,5-6-19-9)13-7-10-11(15(16,17)18)3-2-4-12(10)21-13/h2-4,7,9,19-20H,5-6,8H2,1H3. The molecule has 2 heterocycles. The maximum absolute atomic E-state index is 13.1. The van der Waals surface area contributed by atoms with Gasteiger partial charge in [0.2, 0.25) is 0 Å². The highest BCUT2D eigenvalue weighted by Crippen LogP contribution is 2.43. The van der Waals surface area contributed by atoms with Crippen molar-refractivity contribution < 1.29 is 18.3 Å². The van der Waals surface area contributed by atoms with Crippen LogP contribution in [0.3, 0.4) is 0 Å². The fourth-order valence-corrected chi connectivity index (χ4v) is 4.18. The summed E-state index contributed by atoms with van der Waals surface area (Å²) in [6, 6.07) is 5.85. The highest BCUT2D eigenvalue weighted by Gasteiger charge is 2.38. The summed E-state index contributed by atoms with van der Waals surface area (Å²) in [7, 11) is 0. The number of nitrogens with one attached hydrogen (secondary N) is 1. The first kappa shape index (κ1) is 14.8. The number of halogens is 3. The molecule has 1 aliphatic heterocycles. The third-order valence-corrected chi connectivity index (χ3v) is 5.29. The molecule has 2 unspecified atom stereocenters. The minimum Gasteiger partial charge on any atom is -0.384 e. The summed E-state index contributed by atoms with van der Waals surface area (Å²) in [6.45, 7) is 2.64. The molecule has 0 radical (unpaired) electrons. The Morgan fingerprint density at radius 2 is 2.14 bits per heavy atom. The van der Waals surface area contributed by atoms with Gasteiger partial charge in [0.05, 0.1) is 5.56 Å². The number of benzene rings is 1. The smallest absolute Gasteiger partial charge is 0.384 e. The summed E-state index contributed by atoms with van der Waals surface area (Å²) in [5.41, 5.74) is -1.66. The minimum absolute atomic E-state index is 0.149. The van der Waals surface area contributed by atoms with Crippen LogP contribution in [0.4, 0.5) is 13.2 Å². The first-order valence-corrected chi connectivity index (χ1v) is 7.67. The normalized spacial score (nSPS) is 27.2. The fraction of sp³-hybridized carbons (Fsp3) is 0.467. The Balaban J connectivity index is 2.09. The summed E-state index contributed by atoms with van der Waals surface area (Å²) < 4.78 is 39.7. The van der Waals surface area contributed by atoms with Gasteiger partial charge in [0.15, 0.2) is 0 Å². The molecule has 0 bridgehead atoms. The number of alkyl halides is 3. The number of fused-ring (bicyclic) bond motifs is 1. The third-order valence-electron chi connectivity index (χ3n) is 4.00. The van der Waals surface area contributed by atoms with E-state index in [0.29, 0.717) is 29.0 Å². The van der Waals surface area contributed by atoms with Crippen molar-refractivity contribution in [2.75, 3.05) is 6.54 Å². The van der Waals surface area contributed by atoms with Gasteiger partial charge in [-0.1, -0.05) is 6.07 Å². The van der Waals surface area contributed by atoms with Gasteiger partial charge >= 0.3 is 6.18 Å². The number of thiophene rings is 1. The SMILES string of the molecule is CC1CC(O)(c2cc3c(C(F)(F)F)cccc3s2)CCN1. The van der Waals surface area contributed by atoms with E-state index in [1.54, 1.807) is 6.07 Å². The quantitative estimate of drug-likeness (QED) is 0.837. The van der Waals surface area contributed by atoms with Crippen LogP contribution in [0.1, 0.15) is 30.2 Å². The van der Waals surface area contributed by atoms with Crippen LogP contribution in [0.2, 0.25) is 0 Å². The van der Waals surface area contributed by atoms with E-state index in [4.69, 9.17) is 0 Å². The lowest BCUT2D eigenvalue weighted by atomic mass is 9.86. The summed E-state index contributed by atoms with van der Waals surface area (Å²) >= 11 is 1.26. The molecule has 21 heavy (non-hydrogen) atoms. The molecule has 2 N–H and O–H groups in total. The minimum atomic E-state index is -4.37. The van der Waals surface area contributed by atoms with Crippen molar-refractivity contribution in [3.05, 3.63) is 34.7 Å². The third kappa shape index (κ3) is 2.67. The molecule has 0 spiro atoms. The van der Waals surface area contributed by atoms with Crippen molar-refractivity contribution in [3.8, 4) is 0 Å². The molecule has 1 fully saturated rings. The maximum atomic E-state index is 13.1. The molecule has 6 heteroatoms. The van der Waals surface area contributed by atoms with Crippen molar-refractivity contribution in [3.63, 3.8) is 0 Å². The van der Waals surface area contributed by atoms with Crippen molar-refractivity contribution in [2.45, 2.75) is 37.6 Å². The van der Waals surface area contributed by atoms with E-state index in [2.05, 4.69) is 5.32 Å². The number of aliphatic hydroxyl groups is 1. The first-order chi connectivity index (χ1) is 9.79. The van der Waals surface area contributed by atoms with Crippen LogP contribution in [0.5, 0.6) is 0 Å². The zero-order valence-corrected chi connectivity index (χ0v) is 12.3. The largest absolute Gasteiger partial charge is 0.417 e. The molecule has 3 rings (SSSR count). The number of rotatable bonds is 1. The molecule has 1 aromatic carbocycles. The summed E-state index contributed by atoms with van der Waals surface area (Å²) in [5, 5.41) is 14.2. The van der Waals surface area contributed by atoms with E-state index in [1.165, 1.54) is 23.5 Å². The summed E-state index contributed by atoms with van der Waals surface area (Å²) in [5.74, 6) is 0. The lowest BCUT2D eigenvalue weighted by Crippen LogP contribution is -2.44.